The number of amides is 1. The molecular weight excluding hydrogens is 438 g/mol. The zero-order valence-electron chi connectivity index (χ0n) is 18.1. The minimum absolute atomic E-state index is 0.0631. The number of para-hydroxylation sites is 1. The summed E-state index contributed by atoms with van der Waals surface area (Å²) in [5.41, 5.74) is 1.06. The van der Waals surface area contributed by atoms with E-state index in [0.717, 1.165) is 11.3 Å². The van der Waals surface area contributed by atoms with Crippen molar-refractivity contribution in [1.82, 2.24) is 25.1 Å². The molecule has 0 atom stereocenters. The fourth-order valence-electron chi connectivity index (χ4n) is 3.40. The van der Waals surface area contributed by atoms with Gasteiger partial charge in [-0.3, -0.25) is 4.79 Å². The van der Waals surface area contributed by atoms with Gasteiger partial charge in [0.2, 0.25) is 5.88 Å². The molecule has 0 aliphatic heterocycles. The Morgan fingerprint density at radius 2 is 1.88 bits per heavy atom. The summed E-state index contributed by atoms with van der Waals surface area (Å²) < 4.78 is 17.6. The summed E-state index contributed by atoms with van der Waals surface area (Å²) in [6.07, 6.45) is 0. The number of carbonyl (C=O) groups excluding carboxylic acids is 1. The molecule has 0 saturated carbocycles. The fraction of sp³-hybridized carbons (Fsp3) is 0.125. The predicted octanol–water partition coefficient (Wildman–Crippen LogP) is 2.72. The average molecular weight is 457 g/mol. The van der Waals surface area contributed by atoms with Gasteiger partial charge in [-0.05, 0) is 42.5 Å². The zero-order chi connectivity index (χ0) is 23.5. The van der Waals surface area contributed by atoms with Crippen LogP contribution in [0.1, 0.15) is 10.4 Å². The fourth-order valence-corrected chi connectivity index (χ4v) is 3.40. The number of rotatable bonds is 7. The molecule has 1 N–H and O–H groups in total. The highest BCUT2D eigenvalue weighted by atomic mass is 16.5. The van der Waals surface area contributed by atoms with Gasteiger partial charge >= 0.3 is 5.63 Å². The summed E-state index contributed by atoms with van der Waals surface area (Å²) in [5, 5.41) is 16.1. The van der Waals surface area contributed by atoms with Crippen LogP contribution in [0.5, 0.6) is 11.6 Å². The van der Waals surface area contributed by atoms with Gasteiger partial charge in [0.25, 0.3) is 5.91 Å². The predicted molar refractivity (Wildman–Crippen MR) is 123 cm³/mol. The number of nitrogens with zero attached hydrogens (tertiary/aromatic N) is 4. The van der Waals surface area contributed by atoms with Crippen LogP contribution in [-0.2, 0) is 0 Å². The number of benzene rings is 2. The minimum atomic E-state index is -0.692. The van der Waals surface area contributed by atoms with Crippen molar-refractivity contribution < 1.29 is 18.7 Å². The van der Waals surface area contributed by atoms with Crippen LogP contribution in [-0.4, -0.2) is 46.0 Å². The van der Waals surface area contributed by atoms with Gasteiger partial charge in [-0.15, -0.1) is 15.3 Å². The minimum Gasteiger partial charge on any atom is -0.497 e. The Morgan fingerprint density at radius 1 is 1.06 bits per heavy atom. The van der Waals surface area contributed by atoms with Crippen LogP contribution in [0, 0.1) is 0 Å². The molecule has 3 heterocycles. The first-order valence-corrected chi connectivity index (χ1v) is 10.4. The lowest BCUT2D eigenvalue weighted by Gasteiger charge is -2.08. The number of ether oxygens (including phenoxy) is 2. The van der Waals surface area contributed by atoms with Crippen LogP contribution in [0.3, 0.4) is 0 Å². The number of aromatic nitrogens is 4. The molecule has 2 aromatic carbocycles. The smallest absolute Gasteiger partial charge is 0.349 e. The summed E-state index contributed by atoms with van der Waals surface area (Å²) >= 11 is 0. The Balaban J connectivity index is 1.24. The van der Waals surface area contributed by atoms with Gasteiger partial charge in [0.05, 0.1) is 13.7 Å². The second kappa shape index (κ2) is 9.02. The zero-order valence-corrected chi connectivity index (χ0v) is 18.1. The Morgan fingerprint density at radius 3 is 2.71 bits per heavy atom. The van der Waals surface area contributed by atoms with Crippen LogP contribution in [0.4, 0.5) is 0 Å². The van der Waals surface area contributed by atoms with Gasteiger partial charge in [0, 0.05) is 17.0 Å². The molecule has 0 fully saturated rings. The summed E-state index contributed by atoms with van der Waals surface area (Å²) in [5.74, 6) is 1.09. The maximum atomic E-state index is 12.4. The normalized spacial score (nSPS) is 11.0. The standard InChI is InChI=1S/C24H19N5O5/c1-32-17-8-6-15(7-9-17)22-27-26-20-10-11-21(28-29(20)22)33-13-12-25-23(30)18-14-16-4-2-3-5-19(16)34-24(18)31/h2-11,14H,12-13H2,1H3,(H,25,30). The largest absolute Gasteiger partial charge is 0.497 e. The van der Waals surface area contributed by atoms with Crippen molar-refractivity contribution in [2.45, 2.75) is 0 Å². The molecule has 0 saturated heterocycles. The number of fused-ring (bicyclic) bond motifs is 2. The molecule has 34 heavy (non-hydrogen) atoms. The van der Waals surface area contributed by atoms with E-state index in [1.165, 1.54) is 6.07 Å². The maximum Gasteiger partial charge on any atom is 0.349 e. The van der Waals surface area contributed by atoms with E-state index in [1.807, 2.05) is 24.3 Å². The third-order valence-corrected chi connectivity index (χ3v) is 5.11. The molecule has 170 valence electrons. The van der Waals surface area contributed by atoms with Crippen LogP contribution < -0.4 is 20.4 Å². The molecule has 3 aromatic heterocycles. The summed E-state index contributed by atoms with van der Waals surface area (Å²) in [6.45, 7) is 0.307. The van der Waals surface area contributed by atoms with Crippen molar-refractivity contribution >= 4 is 22.5 Å². The van der Waals surface area contributed by atoms with Gasteiger partial charge < -0.3 is 19.2 Å². The molecule has 0 spiro atoms. The topological polar surface area (TPSA) is 121 Å². The molecule has 10 heteroatoms. The molecule has 5 rings (SSSR count). The van der Waals surface area contributed by atoms with Crippen molar-refractivity contribution in [2.24, 2.45) is 0 Å². The quantitative estimate of drug-likeness (QED) is 0.293. The van der Waals surface area contributed by atoms with Gasteiger partial charge in [-0.1, -0.05) is 18.2 Å². The lowest BCUT2D eigenvalue weighted by atomic mass is 10.2. The SMILES string of the molecule is COc1ccc(-c2nnc3ccc(OCCNC(=O)c4cc5ccccc5oc4=O)nn23)cc1. The molecule has 1 amide bonds. The molecule has 0 aliphatic rings. The molecular formula is C24H19N5O5. The molecule has 0 unspecified atom stereocenters. The van der Waals surface area contributed by atoms with E-state index in [4.69, 9.17) is 13.9 Å². The number of hydrogen-bond donors (Lipinski definition) is 1. The van der Waals surface area contributed by atoms with Gasteiger partial charge in [-0.25, -0.2) is 4.79 Å². The second-order valence-corrected chi connectivity index (χ2v) is 7.28. The van der Waals surface area contributed by atoms with Gasteiger partial charge in [0.1, 0.15) is 23.5 Å². The third kappa shape index (κ3) is 4.16. The Hall–Kier alpha value is -4.73. The summed E-state index contributed by atoms with van der Waals surface area (Å²) in [7, 11) is 1.60. The lowest BCUT2D eigenvalue weighted by Crippen LogP contribution is -2.31. The van der Waals surface area contributed by atoms with Crippen LogP contribution >= 0.6 is 0 Å². The van der Waals surface area contributed by atoms with Crippen molar-refractivity contribution in [3.8, 4) is 23.0 Å². The lowest BCUT2D eigenvalue weighted by molar-refractivity contribution is 0.0943. The van der Waals surface area contributed by atoms with E-state index >= 15 is 0 Å². The second-order valence-electron chi connectivity index (χ2n) is 7.28. The number of carbonyl (C=O) groups is 1. The summed E-state index contributed by atoms with van der Waals surface area (Å²) in [4.78, 5) is 24.6. The van der Waals surface area contributed by atoms with Crippen molar-refractivity contribution in [2.75, 3.05) is 20.3 Å². The van der Waals surface area contributed by atoms with E-state index in [9.17, 15) is 9.59 Å². The first-order valence-electron chi connectivity index (χ1n) is 10.4. The van der Waals surface area contributed by atoms with Crippen LogP contribution in [0.25, 0.3) is 28.0 Å². The molecule has 0 aliphatic carbocycles. The Labute approximate surface area is 192 Å². The van der Waals surface area contributed by atoms with E-state index in [2.05, 4.69) is 20.6 Å². The number of hydrogen-bond acceptors (Lipinski definition) is 8. The first-order chi connectivity index (χ1) is 16.6. The molecule has 0 radical (unpaired) electrons. The maximum absolute atomic E-state index is 12.4. The van der Waals surface area contributed by atoms with E-state index in [-0.39, 0.29) is 18.7 Å². The highest BCUT2D eigenvalue weighted by Crippen LogP contribution is 2.21. The van der Waals surface area contributed by atoms with E-state index in [1.54, 1.807) is 48.0 Å². The van der Waals surface area contributed by atoms with Crippen molar-refractivity contribution in [1.29, 1.82) is 0 Å². The Kier molecular flexibility index (Phi) is 5.61. The molecule has 10 nitrogen and oxygen atoms in total. The Bertz CT molecular complexity index is 1540. The number of nitrogens with one attached hydrogen (secondary N) is 1. The highest BCUT2D eigenvalue weighted by molar-refractivity contribution is 5.96. The monoisotopic (exact) mass is 457 g/mol. The summed E-state index contributed by atoms with van der Waals surface area (Å²) in [6, 6.07) is 19.3. The first kappa shape index (κ1) is 21.1. The molecule has 5 aromatic rings. The van der Waals surface area contributed by atoms with Crippen LogP contribution in [0.15, 0.2) is 75.9 Å². The van der Waals surface area contributed by atoms with Crippen LogP contribution in [0.2, 0.25) is 0 Å². The highest BCUT2D eigenvalue weighted by Gasteiger charge is 2.14. The van der Waals surface area contributed by atoms with Gasteiger partial charge in [-0.2, -0.15) is 4.52 Å². The van der Waals surface area contributed by atoms with Crippen molar-refractivity contribution in [3.05, 3.63) is 82.7 Å². The van der Waals surface area contributed by atoms with Gasteiger partial charge in [0.15, 0.2) is 11.5 Å². The van der Waals surface area contributed by atoms with E-state index < -0.39 is 11.5 Å². The molecule has 0 bridgehead atoms. The average Bonchev–Trinajstić information content (AvgIpc) is 3.29. The number of methoxy groups -OCH3 is 1. The third-order valence-electron chi connectivity index (χ3n) is 5.11. The van der Waals surface area contributed by atoms with E-state index in [0.29, 0.717) is 28.3 Å². The van der Waals surface area contributed by atoms with Crippen molar-refractivity contribution in [3.63, 3.8) is 0 Å².